The van der Waals surface area contributed by atoms with E-state index in [2.05, 4.69) is 13.8 Å². The van der Waals surface area contributed by atoms with E-state index in [4.69, 9.17) is 17.3 Å². The summed E-state index contributed by atoms with van der Waals surface area (Å²) in [7, 11) is 0. The summed E-state index contributed by atoms with van der Waals surface area (Å²) >= 11 is 5.94. The maximum Gasteiger partial charge on any atom is 0.254 e. The van der Waals surface area contributed by atoms with Crippen molar-refractivity contribution in [1.82, 2.24) is 4.90 Å². The van der Waals surface area contributed by atoms with Crippen LogP contribution in [0.15, 0.2) is 18.2 Å². The van der Waals surface area contributed by atoms with Crippen molar-refractivity contribution < 1.29 is 4.79 Å². The fraction of sp³-hybridized carbons (Fsp3) is 0.500. The molecule has 1 aromatic carbocycles. The molecule has 0 saturated carbocycles. The molecular formula is C14H19ClN2O. The van der Waals surface area contributed by atoms with E-state index in [0.29, 0.717) is 22.2 Å². The molecule has 0 spiro atoms. The number of likely N-dealkylation sites (tertiary alicyclic amines) is 1. The Balaban J connectivity index is 2.20. The number of carbonyl (C=O) groups excluding carboxylic acids is 1. The first-order valence-corrected chi connectivity index (χ1v) is 6.72. The Bertz CT molecular complexity index is 441. The van der Waals surface area contributed by atoms with Crippen molar-refractivity contribution in [3.05, 3.63) is 28.8 Å². The zero-order chi connectivity index (χ0) is 13.3. The highest BCUT2D eigenvalue weighted by Gasteiger charge is 2.27. The van der Waals surface area contributed by atoms with Crippen molar-refractivity contribution in [2.24, 2.45) is 5.92 Å². The quantitative estimate of drug-likeness (QED) is 0.794. The minimum absolute atomic E-state index is 0.0311. The van der Waals surface area contributed by atoms with Crippen LogP contribution < -0.4 is 5.73 Å². The Labute approximate surface area is 113 Å². The molecule has 3 nitrogen and oxygen atoms in total. The lowest BCUT2D eigenvalue weighted by atomic mass is 9.93. The van der Waals surface area contributed by atoms with Gasteiger partial charge in [-0.1, -0.05) is 18.5 Å². The summed E-state index contributed by atoms with van der Waals surface area (Å²) in [5, 5.41) is 0.511. The molecule has 98 valence electrons. The van der Waals surface area contributed by atoms with Gasteiger partial charge in [0, 0.05) is 28.9 Å². The Morgan fingerprint density at radius 3 is 2.72 bits per heavy atom. The molecule has 1 aliphatic rings. The molecule has 1 aromatic rings. The van der Waals surface area contributed by atoms with Gasteiger partial charge in [-0.2, -0.15) is 0 Å². The highest BCUT2D eigenvalue weighted by Crippen LogP contribution is 2.25. The van der Waals surface area contributed by atoms with Gasteiger partial charge < -0.3 is 10.6 Å². The number of hydrogen-bond donors (Lipinski definition) is 1. The van der Waals surface area contributed by atoms with Gasteiger partial charge in [-0.25, -0.2) is 0 Å². The molecule has 2 rings (SSSR count). The van der Waals surface area contributed by atoms with Crippen LogP contribution in [0.1, 0.15) is 37.0 Å². The van der Waals surface area contributed by atoms with Crippen molar-refractivity contribution in [2.45, 2.75) is 32.7 Å². The van der Waals surface area contributed by atoms with Crippen LogP contribution in [0.2, 0.25) is 5.02 Å². The molecule has 1 aliphatic heterocycles. The number of rotatable bonds is 1. The SMILES string of the molecule is CC1CCN(C(=O)c2cc(N)cc(Cl)c2)C(C)C1. The van der Waals surface area contributed by atoms with Crippen LogP contribution >= 0.6 is 11.6 Å². The molecule has 1 fully saturated rings. The normalized spacial score (nSPS) is 24.1. The summed E-state index contributed by atoms with van der Waals surface area (Å²) in [6.45, 7) is 5.14. The van der Waals surface area contributed by atoms with Crippen LogP contribution in [0.25, 0.3) is 0 Å². The maximum atomic E-state index is 12.4. The summed E-state index contributed by atoms with van der Waals surface area (Å²) in [5.41, 5.74) is 6.84. The summed E-state index contributed by atoms with van der Waals surface area (Å²) in [6, 6.07) is 5.31. The van der Waals surface area contributed by atoms with Crippen molar-refractivity contribution in [1.29, 1.82) is 0 Å². The third kappa shape index (κ3) is 2.78. The summed E-state index contributed by atoms with van der Waals surface area (Å²) in [4.78, 5) is 14.4. The smallest absolute Gasteiger partial charge is 0.254 e. The van der Waals surface area contributed by atoms with Crippen molar-refractivity contribution in [3.8, 4) is 0 Å². The highest BCUT2D eigenvalue weighted by atomic mass is 35.5. The van der Waals surface area contributed by atoms with Crippen molar-refractivity contribution in [2.75, 3.05) is 12.3 Å². The number of halogens is 1. The first-order chi connectivity index (χ1) is 8.47. The minimum atomic E-state index is 0.0311. The van der Waals surface area contributed by atoms with E-state index < -0.39 is 0 Å². The first-order valence-electron chi connectivity index (χ1n) is 6.34. The predicted molar refractivity (Wildman–Crippen MR) is 74.8 cm³/mol. The molecular weight excluding hydrogens is 248 g/mol. The third-order valence-electron chi connectivity index (χ3n) is 3.57. The number of carbonyl (C=O) groups is 1. The fourth-order valence-electron chi connectivity index (χ4n) is 2.61. The van der Waals surface area contributed by atoms with Gasteiger partial charge in [0.25, 0.3) is 5.91 Å². The average Bonchev–Trinajstić information content (AvgIpc) is 2.26. The predicted octanol–water partition coefficient (Wildman–Crippen LogP) is 3.18. The second-order valence-electron chi connectivity index (χ2n) is 5.25. The number of nitrogens with two attached hydrogens (primary N) is 1. The van der Waals surface area contributed by atoms with E-state index in [-0.39, 0.29) is 11.9 Å². The molecule has 2 unspecified atom stereocenters. The maximum absolute atomic E-state index is 12.4. The molecule has 18 heavy (non-hydrogen) atoms. The van der Waals surface area contributed by atoms with Gasteiger partial charge in [0.05, 0.1) is 0 Å². The lowest BCUT2D eigenvalue weighted by Crippen LogP contribution is -2.44. The first kappa shape index (κ1) is 13.2. The number of benzene rings is 1. The van der Waals surface area contributed by atoms with E-state index in [1.165, 1.54) is 0 Å². The minimum Gasteiger partial charge on any atom is -0.399 e. The molecule has 0 bridgehead atoms. The zero-order valence-electron chi connectivity index (χ0n) is 10.8. The Hall–Kier alpha value is -1.22. The second-order valence-corrected chi connectivity index (χ2v) is 5.69. The number of nitrogen functional groups attached to an aromatic ring is 1. The second kappa shape index (κ2) is 5.19. The Kier molecular flexibility index (Phi) is 3.81. The van der Waals surface area contributed by atoms with Crippen LogP contribution in [0.5, 0.6) is 0 Å². The topological polar surface area (TPSA) is 46.3 Å². The van der Waals surface area contributed by atoms with Gasteiger partial charge in [0.2, 0.25) is 0 Å². The van der Waals surface area contributed by atoms with E-state index in [9.17, 15) is 4.79 Å². The van der Waals surface area contributed by atoms with Gasteiger partial charge in [-0.05, 0) is 43.9 Å². The molecule has 1 heterocycles. The lowest BCUT2D eigenvalue weighted by molar-refractivity contribution is 0.0588. The largest absolute Gasteiger partial charge is 0.399 e. The molecule has 2 N–H and O–H groups in total. The number of anilines is 1. The van der Waals surface area contributed by atoms with Gasteiger partial charge in [0.1, 0.15) is 0 Å². The van der Waals surface area contributed by atoms with Gasteiger partial charge >= 0.3 is 0 Å². The van der Waals surface area contributed by atoms with E-state index >= 15 is 0 Å². The third-order valence-corrected chi connectivity index (χ3v) is 3.78. The van der Waals surface area contributed by atoms with E-state index in [1.54, 1.807) is 18.2 Å². The van der Waals surface area contributed by atoms with Crippen LogP contribution in [0.3, 0.4) is 0 Å². The highest BCUT2D eigenvalue weighted by molar-refractivity contribution is 6.31. The summed E-state index contributed by atoms with van der Waals surface area (Å²) in [6.07, 6.45) is 2.12. The van der Waals surface area contributed by atoms with Crippen LogP contribution in [0.4, 0.5) is 5.69 Å². The van der Waals surface area contributed by atoms with Gasteiger partial charge in [-0.3, -0.25) is 4.79 Å². The van der Waals surface area contributed by atoms with Crippen LogP contribution in [-0.2, 0) is 0 Å². The monoisotopic (exact) mass is 266 g/mol. The van der Waals surface area contributed by atoms with Gasteiger partial charge in [0.15, 0.2) is 0 Å². The molecule has 4 heteroatoms. The number of piperidine rings is 1. The lowest BCUT2D eigenvalue weighted by Gasteiger charge is -2.36. The van der Waals surface area contributed by atoms with E-state index in [0.717, 1.165) is 19.4 Å². The van der Waals surface area contributed by atoms with Crippen molar-refractivity contribution in [3.63, 3.8) is 0 Å². The zero-order valence-corrected chi connectivity index (χ0v) is 11.6. The average molecular weight is 267 g/mol. The van der Waals surface area contributed by atoms with E-state index in [1.807, 2.05) is 4.90 Å². The molecule has 1 amide bonds. The summed E-state index contributed by atoms with van der Waals surface area (Å²) < 4.78 is 0. The molecule has 0 radical (unpaired) electrons. The molecule has 0 aromatic heterocycles. The van der Waals surface area contributed by atoms with Crippen LogP contribution in [-0.4, -0.2) is 23.4 Å². The standard InChI is InChI=1S/C14H19ClN2O/c1-9-3-4-17(10(2)5-9)14(18)11-6-12(15)8-13(16)7-11/h6-10H,3-5,16H2,1-2H3. The summed E-state index contributed by atoms with van der Waals surface area (Å²) in [5.74, 6) is 0.720. The Morgan fingerprint density at radius 2 is 2.11 bits per heavy atom. The Morgan fingerprint density at radius 1 is 1.39 bits per heavy atom. The molecule has 0 aliphatic carbocycles. The van der Waals surface area contributed by atoms with Crippen molar-refractivity contribution >= 4 is 23.2 Å². The fourth-order valence-corrected chi connectivity index (χ4v) is 2.85. The number of amides is 1. The van der Waals surface area contributed by atoms with Crippen LogP contribution in [0, 0.1) is 5.92 Å². The van der Waals surface area contributed by atoms with Gasteiger partial charge in [-0.15, -0.1) is 0 Å². The number of nitrogens with zero attached hydrogens (tertiary/aromatic N) is 1. The molecule has 1 saturated heterocycles. The molecule has 2 atom stereocenters. The number of hydrogen-bond acceptors (Lipinski definition) is 2.